The van der Waals surface area contributed by atoms with E-state index >= 15 is 0 Å². The quantitative estimate of drug-likeness (QED) is 0.0561. The number of carbonyl (C=O) groups excluding carboxylic acids is 7. The van der Waals surface area contributed by atoms with Gasteiger partial charge in [-0.05, 0) is 141 Å². The van der Waals surface area contributed by atoms with Gasteiger partial charge in [-0.15, -0.1) is 0 Å². The van der Waals surface area contributed by atoms with Gasteiger partial charge in [-0.2, -0.15) is 0 Å². The Labute approximate surface area is 404 Å². The number of H-pyrrole nitrogens is 1. The second-order valence-electron chi connectivity index (χ2n) is 18.4. The minimum atomic E-state index is -1.68. The van der Waals surface area contributed by atoms with E-state index in [1.807, 2.05) is 36.4 Å². The van der Waals surface area contributed by atoms with Crippen molar-refractivity contribution in [1.82, 2.24) is 36.9 Å². The van der Waals surface area contributed by atoms with Gasteiger partial charge >= 0.3 is 5.97 Å². The molecule has 384 valence electrons. The SMILES string of the molecule is C[C@@]1(C(=O)N[C@@H](CCCCN)C(N)=O)CCC/C=C/CCC[C@](C)(NC(=O)[C@@H](N)CCCCN)C(=O)N[C@@H](Cc2c[nH]c3ccccc23)C(=O)N[C@@H](CCCCN)C(=O)N[C@@H](CCC(=O)O)C(=O)N1. The second kappa shape index (κ2) is 29.2. The zero-order valence-corrected chi connectivity index (χ0v) is 40.4. The number of aromatic amines is 1. The lowest BCUT2D eigenvalue weighted by Crippen LogP contribution is -2.64. The molecule has 3 rings (SSSR count). The van der Waals surface area contributed by atoms with Crippen LogP contribution in [0.4, 0.5) is 0 Å². The number of carboxylic acids is 1. The van der Waals surface area contributed by atoms with Crippen LogP contribution in [0, 0.1) is 0 Å². The van der Waals surface area contributed by atoms with E-state index in [9.17, 15) is 43.5 Å². The molecular weight excluding hydrogens is 889 g/mol. The number of rotatable bonds is 22. The lowest BCUT2D eigenvalue weighted by Gasteiger charge is -2.33. The molecule has 69 heavy (non-hydrogen) atoms. The summed E-state index contributed by atoms with van der Waals surface area (Å²) in [5, 5.41) is 27.1. The molecule has 1 aromatic heterocycles. The van der Waals surface area contributed by atoms with E-state index in [0.29, 0.717) is 89.3 Å². The predicted molar refractivity (Wildman–Crippen MR) is 262 cm³/mol. The first kappa shape index (κ1) is 57.4. The van der Waals surface area contributed by atoms with Crippen molar-refractivity contribution in [2.45, 2.75) is 171 Å². The summed E-state index contributed by atoms with van der Waals surface area (Å²) in [4.78, 5) is 113. The number of carbonyl (C=O) groups is 8. The van der Waals surface area contributed by atoms with Crippen LogP contribution in [0.25, 0.3) is 10.9 Å². The third kappa shape index (κ3) is 18.8. The number of benzene rings is 1. The molecule has 2 aromatic rings. The number of primary amides is 1. The molecule has 1 aliphatic heterocycles. The van der Waals surface area contributed by atoms with Gasteiger partial charge in [0.1, 0.15) is 35.2 Å². The minimum absolute atomic E-state index is 0.0391. The number of aromatic nitrogens is 1. The zero-order valence-electron chi connectivity index (χ0n) is 40.4. The summed E-state index contributed by atoms with van der Waals surface area (Å²) in [5.74, 6) is -6.43. The van der Waals surface area contributed by atoms with Gasteiger partial charge in [0.05, 0.1) is 6.04 Å². The Morgan fingerprint density at radius 3 is 2.00 bits per heavy atom. The van der Waals surface area contributed by atoms with Crippen molar-refractivity contribution in [3.63, 3.8) is 0 Å². The van der Waals surface area contributed by atoms with Crippen molar-refractivity contribution >= 4 is 58.2 Å². The predicted octanol–water partition coefficient (Wildman–Crippen LogP) is 0.374. The summed E-state index contributed by atoms with van der Waals surface area (Å²) in [7, 11) is 0. The summed E-state index contributed by atoms with van der Waals surface area (Å²) < 4.78 is 0. The number of aliphatic carboxylic acids is 1. The van der Waals surface area contributed by atoms with E-state index in [1.165, 1.54) is 6.92 Å². The maximum Gasteiger partial charge on any atom is 0.303 e. The van der Waals surface area contributed by atoms with Gasteiger partial charge in [0, 0.05) is 29.9 Å². The smallest absolute Gasteiger partial charge is 0.303 e. The normalized spacial score (nSPS) is 23.8. The number of amides is 7. The molecule has 0 saturated carbocycles. The van der Waals surface area contributed by atoms with Gasteiger partial charge in [-0.25, -0.2) is 0 Å². The summed E-state index contributed by atoms with van der Waals surface area (Å²) in [5.41, 5.74) is 27.3. The summed E-state index contributed by atoms with van der Waals surface area (Å²) in [6, 6.07) is 1.25. The molecule has 0 saturated heterocycles. The highest BCUT2D eigenvalue weighted by atomic mass is 16.4. The highest BCUT2D eigenvalue weighted by Gasteiger charge is 2.41. The fourth-order valence-electron chi connectivity index (χ4n) is 8.20. The van der Waals surface area contributed by atoms with Crippen LogP contribution in [0.3, 0.4) is 0 Å². The maximum atomic E-state index is 14.6. The molecule has 21 heteroatoms. The Hall–Kier alpha value is -5.90. The molecule has 0 radical (unpaired) electrons. The Bertz CT molecular complexity index is 2060. The van der Waals surface area contributed by atoms with E-state index in [1.54, 1.807) is 13.1 Å². The first-order chi connectivity index (χ1) is 32.9. The largest absolute Gasteiger partial charge is 0.481 e. The van der Waals surface area contributed by atoms with E-state index in [2.05, 4.69) is 36.9 Å². The van der Waals surface area contributed by atoms with Crippen LogP contribution in [0.15, 0.2) is 42.6 Å². The van der Waals surface area contributed by atoms with Crippen LogP contribution in [0.5, 0.6) is 0 Å². The van der Waals surface area contributed by atoms with Crippen molar-refractivity contribution in [3.8, 4) is 0 Å². The van der Waals surface area contributed by atoms with E-state index in [4.69, 9.17) is 28.7 Å². The number of hydrogen-bond acceptors (Lipinski definition) is 12. The Kier molecular flexibility index (Phi) is 24.3. The van der Waals surface area contributed by atoms with Crippen molar-refractivity contribution in [1.29, 1.82) is 0 Å². The molecule has 0 bridgehead atoms. The molecule has 0 spiro atoms. The molecule has 18 N–H and O–H groups in total. The number of allylic oxidation sites excluding steroid dienone is 2. The van der Waals surface area contributed by atoms with Crippen LogP contribution in [0.2, 0.25) is 0 Å². The molecule has 7 amide bonds. The highest BCUT2D eigenvalue weighted by molar-refractivity contribution is 5.99. The zero-order chi connectivity index (χ0) is 51.0. The Morgan fingerprint density at radius 1 is 0.768 bits per heavy atom. The molecule has 0 aliphatic carbocycles. The Morgan fingerprint density at radius 2 is 1.36 bits per heavy atom. The van der Waals surface area contributed by atoms with Crippen LogP contribution in [0.1, 0.15) is 129 Å². The first-order valence-corrected chi connectivity index (χ1v) is 24.3. The molecule has 1 aromatic carbocycles. The standard InChI is InChI=1S/C48H78N12O9/c1-47(59-41(64)33(52)18-9-14-26-49)24-12-5-3-4-6-13-25-48(2,45(68)57-35(40(53)63)20-10-15-27-50)60-44(67)37(22-23-39(61)62)56-42(65)36(21-11-16-28-51)55-43(66)38(58-46(47)69)29-31-30-54-34-19-8-7-17-32(31)34/h3-4,7-8,17,19,30,33,35-38,54H,5-6,9-16,18,20-29,49-52H2,1-2H3,(H2,53,63)(H,55,66)(H,56,65)(H,57,68)(H,58,69)(H,59,64)(H,60,67)(H,61,62)/b4-3+/t33-,35-,36-,37-,38-,47-,48-/m0/s1. The maximum absolute atomic E-state index is 14.6. The fraction of sp³-hybridized carbons (Fsp3) is 0.625. The Balaban J connectivity index is 2.13. The van der Waals surface area contributed by atoms with Crippen LogP contribution in [-0.2, 0) is 44.8 Å². The van der Waals surface area contributed by atoms with E-state index < -0.39 is 95.0 Å². The van der Waals surface area contributed by atoms with Crippen molar-refractivity contribution in [2.24, 2.45) is 28.7 Å². The number of fused-ring (bicyclic) bond motifs is 1. The average Bonchev–Trinajstić information content (AvgIpc) is 3.72. The van der Waals surface area contributed by atoms with Crippen LogP contribution in [-0.4, -0.2) is 118 Å². The monoisotopic (exact) mass is 967 g/mol. The van der Waals surface area contributed by atoms with E-state index in [-0.39, 0.29) is 45.1 Å². The van der Waals surface area contributed by atoms with Crippen LogP contribution >= 0.6 is 0 Å². The topological polar surface area (TPSA) is 375 Å². The summed E-state index contributed by atoms with van der Waals surface area (Å²) in [6.07, 6.45) is 10.1. The highest BCUT2D eigenvalue weighted by Crippen LogP contribution is 2.23. The van der Waals surface area contributed by atoms with Crippen molar-refractivity contribution < 1.29 is 43.5 Å². The number of nitrogens with one attached hydrogen (secondary N) is 7. The van der Waals surface area contributed by atoms with Crippen LogP contribution < -0.4 is 60.6 Å². The van der Waals surface area contributed by atoms with Crippen molar-refractivity contribution in [3.05, 3.63) is 48.2 Å². The molecule has 2 heterocycles. The molecule has 0 unspecified atom stereocenters. The number of hydrogen-bond donors (Lipinski definition) is 13. The lowest BCUT2D eigenvalue weighted by atomic mass is 9.91. The molecule has 0 fully saturated rings. The molecular formula is C48H78N12O9. The van der Waals surface area contributed by atoms with Crippen molar-refractivity contribution in [2.75, 3.05) is 19.6 Å². The number of nitrogens with two attached hydrogens (primary N) is 5. The van der Waals surface area contributed by atoms with Gasteiger partial charge in [0.2, 0.25) is 41.4 Å². The third-order valence-electron chi connectivity index (χ3n) is 12.5. The second-order valence-corrected chi connectivity index (χ2v) is 18.4. The third-order valence-corrected chi connectivity index (χ3v) is 12.5. The van der Waals surface area contributed by atoms with Gasteiger partial charge in [-0.3, -0.25) is 38.4 Å². The molecule has 7 atom stereocenters. The first-order valence-electron chi connectivity index (χ1n) is 24.3. The minimum Gasteiger partial charge on any atom is -0.481 e. The lowest BCUT2D eigenvalue weighted by molar-refractivity contribution is -0.139. The van der Waals surface area contributed by atoms with Gasteiger partial charge in [-0.1, -0.05) is 36.8 Å². The number of unbranched alkanes of at least 4 members (excludes halogenated alkanes) is 3. The summed E-state index contributed by atoms with van der Waals surface area (Å²) >= 11 is 0. The summed E-state index contributed by atoms with van der Waals surface area (Å²) in [6.45, 7) is 4.11. The van der Waals surface area contributed by atoms with Gasteiger partial charge < -0.3 is 70.7 Å². The number of para-hydroxylation sites is 1. The molecule has 1 aliphatic rings. The number of carboxylic acid groups (broad SMARTS) is 1. The van der Waals surface area contributed by atoms with Gasteiger partial charge in [0.25, 0.3) is 0 Å². The molecule has 21 nitrogen and oxygen atoms in total. The fourth-order valence-corrected chi connectivity index (χ4v) is 8.20. The average molecular weight is 967 g/mol. The van der Waals surface area contributed by atoms with Gasteiger partial charge in [0.15, 0.2) is 0 Å². The van der Waals surface area contributed by atoms with E-state index in [0.717, 1.165) is 10.9 Å².